The summed E-state index contributed by atoms with van der Waals surface area (Å²) < 4.78 is 17.2. The third kappa shape index (κ3) is 5.65. The van der Waals surface area contributed by atoms with Gasteiger partial charge in [0.1, 0.15) is 23.5 Å². The van der Waals surface area contributed by atoms with E-state index in [1.54, 1.807) is 34.6 Å². The number of amides is 1. The van der Waals surface area contributed by atoms with Crippen molar-refractivity contribution < 1.29 is 29.2 Å². The maximum atomic E-state index is 12.8. The molecule has 27 heavy (non-hydrogen) atoms. The molecular weight excluding hydrogens is 350 g/mol. The first-order chi connectivity index (χ1) is 12.5. The number of aliphatic hydroxyl groups is 2. The zero-order valence-electron chi connectivity index (χ0n) is 16.7. The molecule has 0 spiro atoms. The lowest BCUT2D eigenvalue weighted by Crippen LogP contribution is -2.56. The van der Waals surface area contributed by atoms with Crippen molar-refractivity contribution in [3.05, 3.63) is 35.9 Å². The van der Waals surface area contributed by atoms with Gasteiger partial charge in [0.15, 0.2) is 0 Å². The molecule has 1 aliphatic heterocycles. The standard InChI is InChI=1S/C20H31NO6/c1-19(2,3)27-18(24)21-15(13-26-20(21,4)5)17(16(23)11-22)25-12-14-9-7-6-8-10-14/h6-10,15-17,22-23H,11-13H2,1-5H3/t15-,16?,17?/m0/s1. The highest BCUT2D eigenvalue weighted by atomic mass is 16.6. The molecule has 7 heteroatoms. The van der Waals surface area contributed by atoms with Gasteiger partial charge < -0.3 is 24.4 Å². The van der Waals surface area contributed by atoms with Crippen molar-refractivity contribution in [2.75, 3.05) is 13.2 Å². The Bertz CT molecular complexity index is 613. The van der Waals surface area contributed by atoms with Crippen LogP contribution in [-0.2, 0) is 20.8 Å². The van der Waals surface area contributed by atoms with E-state index in [1.807, 2.05) is 30.3 Å². The summed E-state index contributed by atoms with van der Waals surface area (Å²) in [5, 5.41) is 19.8. The number of hydrogen-bond acceptors (Lipinski definition) is 6. The van der Waals surface area contributed by atoms with E-state index in [0.29, 0.717) is 0 Å². The van der Waals surface area contributed by atoms with Gasteiger partial charge in [-0.25, -0.2) is 4.79 Å². The Kier molecular flexibility index (Phi) is 6.86. The van der Waals surface area contributed by atoms with Crippen LogP contribution < -0.4 is 0 Å². The van der Waals surface area contributed by atoms with Crippen molar-refractivity contribution in [3.8, 4) is 0 Å². The fourth-order valence-corrected chi connectivity index (χ4v) is 3.09. The fourth-order valence-electron chi connectivity index (χ4n) is 3.09. The molecule has 0 saturated carbocycles. The fraction of sp³-hybridized carbons (Fsp3) is 0.650. The summed E-state index contributed by atoms with van der Waals surface area (Å²) in [7, 11) is 0. The predicted octanol–water partition coefficient (Wildman–Crippen LogP) is 2.30. The molecule has 1 fully saturated rings. The van der Waals surface area contributed by atoms with Gasteiger partial charge in [0, 0.05) is 0 Å². The third-order valence-corrected chi connectivity index (χ3v) is 4.34. The molecule has 2 N–H and O–H groups in total. The smallest absolute Gasteiger partial charge is 0.412 e. The topological polar surface area (TPSA) is 88.5 Å². The maximum Gasteiger partial charge on any atom is 0.412 e. The lowest BCUT2D eigenvalue weighted by Gasteiger charge is -2.38. The van der Waals surface area contributed by atoms with E-state index in [2.05, 4.69) is 0 Å². The lowest BCUT2D eigenvalue weighted by atomic mass is 10.0. The zero-order valence-corrected chi connectivity index (χ0v) is 16.7. The first-order valence-corrected chi connectivity index (χ1v) is 9.16. The molecule has 1 aromatic rings. The largest absolute Gasteiger partial charge is 0.444 e. The number of carbonyl (C=O) groups is 1. The van der Waals surface area contributed by atoms with Crippen LogP contribution in [0.4, 0.5) is 4.79 Å². The van der Waals surface area contributed by atoms with Gasteiger partial charge in [-0.15, -0.1) is 0 Å². The van der Waals surface area contributed by atoms with Gasteiger partial charge in [0.05, 0.1) is 25.9 Å². The lowest BCUT2D eigenvalue weighted by molar-refractivity contribution is -0.107. The molecule has 152 valence electrons. The van der Waals surface area contributed by atoms with E-state index < -0.39 is 42.3 Å². The quantitative estimate of drug-likeness (QED) is 0.786. The summed E-state index contributed by atoms with van der Waals surface area (Å²) in [5.74, 6) is 0. The number of carbonyl (C=O) groups excluding carboxylic acids is 1. The Morgan fingerprint density at radius 3 is 2.52 bits per heavy atom. The number of benzene rings is 1. The zero-order chi connectivity index (χ0) is 20.2. The second-order valence-electron chi connectivity index (χ2n) is 8.19. The van der Waals surface area contributed by atoms with Crippen molar-refractivity contribution in [2.45, 2.75) is 70.8 Å². The molecule has 1 aromatic carbocycles. The van der Waals surface area contributed by atoms with Crippen LogP contribution in [0.25, 0.3) is 0 Å². The Balaban J connectivity index is 2.22. The molecule has 1 aliphatic rings. The van der Waals surface area contributed by atoms with Crippen LogP contribution in [0.15, 0.2) is 30.3 Å². The van der Waals surface area contributed by atoms with Crippen molar-refractivity contribution in [3.63, 3.8) is 0 Å². The molecule has 1 amide bonds. The summed E-state index contributed by atoms with van der Waals surface area (Å²) in [6.07, 6.45) is -2.54. The van der Waals surface area contributed by atoms with Crippen LogP contribution in [0.1, 0.15) is 40.2 Å². The normalized spacial score (nSPS) is 21.7. The molecule has 0 aliphatic carbocycles. The van der Waals surface area contributed by atoms with Crippen molar-refractivity contribution in [2.24, 2.45) is 0 Å². The van der Waals surface area contributed by atoms with E-state index in [-0.39, 0.29) is 13.2 Å². The SMILES string of the molecule is CC(C)(C)OC(=O)N1[C@H](C(OCc2ccccc2)C(O)CO)COC1(C)C. The Morgan fingerprint density at radius 1 is 1.33 bits per heavy atom. The second-order valence-corrected chi connectivity index (χ2v) is 8.19. The summed E-state index contributed by atoms with van der Waals surface area (Å²) >= 11 is 0. The monoisotopic (exact) mass is 381 g/mol. The molecule has 0 aromatic heterocycles. The van der Waals surface area contributed by atoms with E-state index in [4.69, 9.17) is 14.2 Å². The molecule has 3 atom stereocenters. The molecule has 1 saturated heterocycles. The molecule has 7 nitrogen and oxygen atoms in total. The summed E-state index contributed by atoms with van der Waals surface area (Å²) in [5.41, 5.74) is -0.665. The van der Waals surface area contributed by atoms with Crippen LogP contribution in [0, 0.1) is 0 Å². The highest BCUT2D eigenvalue weighted by Crippen LogP contribution is 2.33. The average Bonchev–Trinajstić information content (AvgIpc) is 2.89. The summed E-state index contributed by atoms with van der Waals surface area (Å²) in [4.78, 5) is 14.3. The van der Waals surface area contributed by atoms with E-state index >= 15 is 0 Å². The minimum atomic E-state index is -1.17. The van der Waals surface area contributed by atoms with Crippen LogP contribution >= 0.6 is 0 Å². The van der Waals surface area contributed by atoms with Crippen molar-refractivity contribution in [1.29, 1.82) is 0 Å². The molecule has 2 unspecified atom stereocenters. The van der Waals surface area contributed by atoms with E-state index in [0.717, 1.165) is 5.56 Å². The first-order valence-electron chi connectivity index (χ1n) is 9.16. The molecule has 1 heterocycles. The summed E-state index contributed by atoms with van der Waals surface area (Å²) in [6.45, 7) is 8.80. The molecule has 0 bridgehead atoms. The van der Waals surface area contributed by atoms with Gasteiger partial charge in [-0.2, -0.15) is 0 Å². The number of hydrogen-bond donors (Lipinski definition) is 2. The molecule has 2 rings (SSSR count). The van der Waals surface area contributed by atoms with Gasteiger partial charge >= 0.3 is 6.09 Å². The van der Waals surface area contributed by atoms with Crippen LogP contribution in [-0.4, -0.2) is 64.0 Å². The number of nitrogens with zero attached hydrogens (tertiary/aromatic N) is 1. The van der Waals surface area contributed by atoms with Crippen LogP contribution in [0.2, 0.25) is 0 Å². The summed E-state index contributed by atoms with van der Waals surface area (Å²) in [6, 6.07) is 8.91. The number of rotatable bonds is 6. The van der Waals surface area contributed by atoms with Crippen molar-refractivity contribution in [1.82, 2.24) is 4.90 Å². The second kappa shape index (κ2) is 8.56. The highest BCUT2D eigenvalue weighted by molar-refractivity contribution is 5.70. The molecular formula is C20H31NO6. The number of ether oxygens (including phenoxy) is 3. The average molecular weight is 381 g/mol. The minimum absolute atomic E-state index is 0.169. The van der Waals surface area contributed by atoms with Crippen LogP contribution in [0.3, 0.4) is 0 Å². The Morgan fingerprint density at radius 2 is 1.96 bits per heavy atom. The predicted molar refractivity (Wildman–Crippen MR) is 100 cm³/mol. The maximum absolute atomic E-state index is 12.8. The highest BCUT2D eigenvalue weighted by Gasteiger charge is 2.50. The molecule has 0 radical (unpaired) electrons. The number of aliphatic hydroxyl groups excluding tert-OH is 2. The van der Waals surface area contributed by atoms with Crippen molar-refractivity contribution >= 4 is 6.09 Å². The van der Waals surface area contributed by atoms with Gasteiger partial charge in [0.2, 0.25) is 0 Å². The minimum Gasteiger partial charge on any atom is -0.444 e. The van der Waals surface area contributed by atoms with E-state index in [9.17, 15) is 15.0 Å². The van der Waals surface area contributed by atoms with Gasteiger partial charge in [-0.05, 0) is 40.2 Å². The van der Waals surface area contributed by atoms with Gasteiger partial charge in [-0.3, -0.25) is 4.90 Å². The van der Waals surface area contributed by atoms with Gasteiger partial charge in [-0.1, -0.05) is 30.3 Å². The van der Waals surface area contributed by atoms with E-state index in [1.165, 1.54) is 4.90 Å². The van der Waals surface area contributed by atoms with Gasteiger partial charge in [0.25, 0.3) is 0 Å². The van der Waals surface area contributed by atoms with Crippen LogP contribution in [0.5, 0.6) is 0 Å². The third-order valence-electron chi connectivity index (χ3n) is 4.34. The Hall–Kier alpha value is -1.67. The Labute approximate surface area is 160 Å². The first kappa shape index (κ1) is 21.6.